The summed E-state index contributed by atoms with van der Waals surface area (Å²) in [5.41, 5.74) is 5.87. The first-order valence-electron chi connectivity index (χ1n) is 6.33. The van der Waals surface area contributed by atoms with Crippen molar-refractivity contribution in [1.29, 1.82) is 0 Å². The zero-order valence-electron chi connectivity index (χ0n) is 11.2. The van der Waals surface area contributed by atoms with Crippen LogP contribution in [0.15, 0.2) is 52.3 Å². The third-order valence-electron chi connectivity index (χ3n) is 2.99. The fraction of sp³-hybridized carbons (Fsp3) is 0.214. The zero-order valence-corrected chi connectivity index (χ0v) is 12.8. The summed E-state index contributed by atoms with van der Waals surface area (Å²) in [6, 6.07) is 8.91. The number of hydrogen-bond acceptors (Lipinski definition) is 4. The maximum atomic E-state index is 12.1. The molecular weight excluding hydrogens is 312 g/mol. The highest BCUT2D eigenvalue weighted by Crippen LogP contribution is 2.16. The Bertz CT molecular complexity index is 783. The van der Waals surface area contributed by atoms with Crippen molar-refractivity contribution in [3.63, 3.8) is 0 Å². The van der Waals surface area contributed by atoms with Crippen LogP contribution in [0.3, 0.4) is 0 Å². The molecule has 21 heavy (non-hydrogen) atoms. The van der Waals surface area contributed by atoms with Gasteiger partial charge in [-0.2, -0.15) is 0 Å². The van der Waals surface area contributed by atoms with Gasteiger partial charge < -0.3 is 10.3 Å². The van der Waals surface area contributed by atoms with Gasteiger partial charge in [0, 0.05) is 29.5 Å². The third kappa shape index (κ3) is 4.09. The minimum atomic E-state index is -3.38. The number of nitrogens with zero attached hydrogens (tertiary/aromatic N) is 1. The molecule has 1 aromatic carbocycles. The van der Waals surface area contributed by atoms with Crippen LogP contribution in [0, 0.1) is 0 Å². The number of anilines is 1. The Morgan fingerprint density at radius 1 is 1.10 bits per heavy atom. The van der Waals surface area contributed by atoms with Crippen LogP contribution in [-0.4, -0.2) is 18.7 Å². The van der Waals surface area contributed by atoms with Gasteiger partial charge in [0.15, 0.2) is 9.84 Å². The lowest BCUT2D eigenvalue weighted by atomic mass is 10.4. The highest BCUT2D eigenvalue weighted by molar-refractivity contribution is 7.91. The maximum Gasteiger partial charge on any atom is 0.250 e. The minimum absolute atomic E-state index is 0.0458. The number of nitrogens with two attached hydrogens (primary N) is 1. The molecular formula is C14H15ClN2O3S. The van der Waals surface area contributed by atoms with Crippen LogP contribution < -0.4 is 11.3 Å². The number of rotatable bonds is 5. The van der Waals surface area contributed by atoms with Gasteiger partial charge in [0.25, 0.3) is 5.56 Å². The second kappa shape index (κ2) is 6.32. The molecule has 0 saturated carbocycles. The van der Waals surface area contributed by atoms with Crippen molar-refractivity contribution in [2.75, 3.05) is 11.5 Å². The van der Waals surface area contributed by atoms with E-state index >= 15 is 0 Å². The van der Waals surface area contributed by atoms with Crippen molar-refractivity contribution < 1.29 is 8.42 Å². The number of hydrogen-bond donors (Lipinski definition) is 1. The van der Waals surface area contributed by atoms with E-state index in [9.17, 15) is 13.2 Å². The number of benzene rings is 1. The molecule has 0 radical (unpaired) electrons. The van der Waals surface area contributed by atoms with E-state index in [-0.39, 0.29) is 16.2 Å². The van der Waals surface area contributed by atoms with Gasteiger partial charge in [0.2, 0.25) is 0 Å². The van der Waals surface area contributed by atoms with Crippen molar-refractivity contribution in [1.82, 2.24) is 4.57 Å². The van der Waals surface area contributed by atoms with Crippen molar-refractivity contribution in [3.05, 3.63) is 58.0 Å². The summed E-state index contributed by atoms with van der Waals surface area (Å²) >= 11 is 5.73. The standard InChI is InChI=1S/C14H15ClN2O3S/c15-11-2-5-13(6-3-11)21(19,20)9-1-8-17-10-12(16)4-7-14(17)18/h2-7,10H,1,8-9,16H2. The highest BCUT2D eigenvalue weighted by Gasteiger charge is 2.13. The largest absolute Gasteiger partial charge is 0.398 e. The second-order valence-corrected chi connectivity index (χ2v) is 7.17. The topological polar surface area (TPSA) is 82.2 Å². The third-order valence-corrected chi connectivity index (χ3v) is 5.06. The van der Waals surface area contributed by atoms with E-state index < -0.39 is 9.84 Å². The Balaban J connectivity index is 2.04. The van der Waals surface area contributed by atoms with Gasteiger partial charge in [0.1, 0.15) is 0 Å². The van der Waals surface area contributed by atoms with E-state index in [4.69, 9.17) is 17.3 Å². The Kier molecular flexibility index (Phi) is 4.69. The van der Waals surface area contributed by atoms with Crippen molar-refractivity contribution in [2.45, 2.75) is 17.9 Å². The summed E-state index contributed by atoms with van der Waals surface area (Å²) in [6.07, 6.45) is 1.84. The molecule has 0 spiro atoms. The molecule has 0 aliphatic heterocycles. The van der Waals surface area contributed by atoms with Crippen molar-refractivity contribution >= 4 is 27.1 Å². The lowest BCUT2D eigenvalue weighted by molar-refractivity contribution is 0.584. The predicted molar refractivity (Wildman–Crippen MR) is 83.2 cm³/mol. The molecule has 2 aromatic rings. The number of nitrogen functional groups attached to an aromatic ring is 1. The molecule has 0 aliphatic rings. The van der Waals surface area contributed by atoms with Gasteiger partial charge in [-0.05, 0) is 36.8 Å². The molecule has 0 fully saturated rings. The molecule has 0 amide bonds. The van der Waals surface area contributed by atoms with Gasteiger partial charge in [-0.25, -0.2) is 8.42 Å². The molecule has 5 nitrogen and oxygen atoms in total. The monoisotopic (exact) mass is 326 g/mol. The Hall–Kier alpha value is -1.79. The first-order chi connectivity index (χ1) is 9.88. The Morgan fingerprint density at radius 3 is 2.43 bits per heavy atom. The van der Waals surface area contributed by atoms with Gasteiger partial charge >= 0.3 is 0 Å². The minimum Gasteiger partial charge on any atom is -0.398 e. The van der Waals surface area contributed by atoms with Crippen LogP contribution in [0.5, 0.6) is 0 Å². The average Bonchev–Trinajstić information content (AvgIpc) is 2.43. The fourth-order valence-corrected chi connectivity index (χ4v) is 3.33. The smallest absolute Gasteiger partial charge is 0.250 e. The van der Waals surface area contributed by atoms with E-state index in [1.807, 2.05) is 0 Å². The molecule has 7 heteroatoms. The van der Waals surface area contributed by atoms with Crippen LogP contribution in [0.4, 0.5) is 5.69 Å². The number of pyridine rings is 1. The number of sulfone groups is 1. The molecule has 0 unspecified atom stereocenters. The lowest BCUT2D eigenvalue weighted by Gasteiger charge is -2.07. The number of aryl methyl sites for hydroxylation is 1. The Labute approximate surface area is 127 Å². The van der Waals surface area contributed by atoms with E-state index in [1.165, 1.54) is 47.2 Å². The average molecular weight is 327 g/mol. The molecule has 2 N–H and O–H groups in total. The summed E-state index contributed by atoms with van der Waals surface area (Å²) in [5, 5.41) is 0.486. The number of halogens is 1. The summed E-state index contributed by atoms with van der Waals surface area (Å²) in [6.45, 7) is 0.302. The molecule has 1 heterocycles. The van der Waals surface area contributed by atoms with E-state index in [1.54, 1.807) is 0 Å². The maximum absolute atomic E-state index is 12.1. The predicted octanol–water partition coefficient (Wildman–Crippen LogP) is 1.95. The van der Waals surface area contributed by atoms with Gasteiger partial charge in [-0.3, -0.25) is 4.79 Å². The van der Waals surface area contributed by atoms with Crippen LogP contribution in [0.25, 0.3) is 0 Å². The molecule has 0 aliphatic carbocycles. The van der Waals surface area contributed by atoms with Crippen LogP contribution >= 0.6 is 11.6 Å². The normalized spacial score (nSPS) is 11.5. The lowest BCUT2D eigenvalue weighted by Crippen LogP contribution is -2.20. The Morgan fingerprint density at radius 2 is 1.76 bits per heavy atom. The first kappa shape index (κ1) is 15.6. The quantitative estimate of drug-likeness (QED) is 0.910. The molecule has 0 atom stereocenters. The van der Waals surface area contributed by atoms with Crippen LogP contribution in [0.1, 0.15) is 6.42 Å². The molecule has 2 rings (SSSR count). The van der Waals surface area contributed by atoms with Gasteiger partial charge in [0.05, 0.1) is 10.6 Å². The van der Waals surface area contributed by atoms with E-state index in [0.29, 0.717) is 23.7 Å². The SMILES string of the molecule is Nc1ccc(=O)n(CCCS(=O)(=O)c2ccc(Cl)cc2)c1. The fourth-order valence-electron chi connectivity index (χ4n) is 1.91. The summed E-state index contributed by atoms with van der Waals surface area (Å²) in [4.78, 5) is 11.8. The zero-order chi connectivity index (χ0) is 15.5. The van der Waals surface area contributed by atoms with Crippen LogP contribution in [-0.2, 0) is 16.4 Å². The van der Waals surface area contributed by atoms with E-state index in [2.05, 4.69) is 0 Å². The first-order valence-corrected chi connectivity index (χ1v) is 8.36. The molecule has 1 aromatic heterocycles. The summed E-state index contributed by atoms with van der Waals surface area (Å²) in [5.74, 6) is -0.0458. The van der Waals surface area contributed by atoms with Gasteiger partial charge in [-0.1, -0.05) is 11.6 Å². The van der Waals surface area contributed by atoms with Crippen molar-refractivity contribution in [3.8, 4) is 0 Å². The van der Waals surface area contributed by atoms with E-state index in [0.717, 1.165) is 0 Å². The molecule has 0 bridgehead atoms. The van der Waals surface area contributed by atoms with Crippen molar-refractivity contribution in [2.24, 2.45) is 0 Å². The molecule has 0 saturated heterocycles. The summed E-state index contributed by atoms with van der Waals surface area (Å²) in [7, 11) is -3.38. The second-order valence-electron chi connectivity index (χ2n) is 4.62. The number of aromatic nitrogens is 1. The highest BCUT2D eigenvalue weighted by atomic mass is 35.5. The summed E-state index contributed by atoms with van der Waals surface area (Å²) < 4.78 is 25.7. The molecule has 112 valence electrons. The van der Waals surface area contributed by atoms with Gasteiger partial charge in [-0.15, -0.1) is 0 Å². The van der Waals surface area contributed by atoms with Crippen LogP contribution in [0.2, 0.25) is 5.02 Å².